The molecule has 0 aromatic rings. The third kappa shape index (κ3) is 10.0. The van der Waals surface area contributed by atoms with E-state index < -0.39 is 0 Å². The predicted molar refractivity (Wildman–Crippen MR) is 63.3 cm³/mol. The molecule has 0 saturated heterocycles. The van der Waals surface area contributed by atoms with Crippen LogP contribution in [0.4, 0.5) is 0 Å². The van der Waals surface area contributed by atoms with E-state index in [1.54, 1.807) is 0 Å². The van der Waals surface area contributed by atoms with Gasteiger partial charge in [-0.15, -0.1) is 0 Å². The average Bonchev–Trinajstić information content (AvgIpc) is 2.00. The van der Waals surface area contributed by atoms with Crippen molar-refractivity contribution in [1.82, 2.24) is 0 Å². The lowest BCUT2D eigenvalue weighted by Crippen LogP contribution is -2.12. The molecule has 1 radical (unpaired) electrons. The molecule has 0 bridgehead atoms. The van der Waals surface area contributed by atoms with Gasteiger partial charge in [-0.3, -0.25) is 0 Å². The van der Waals surface area contributed by atoms with Gasteiger partial charge in [0.15, 0.2) is 0 Å². The monoisotopic (exact) mass is 199 g/mol. The summed E-state index contributed by atoms with van der Waals surface area (Å²) in [4.78, 5) is 0. The molecule has 1 heteroatoms. The summed E-state index contributed by atoms with van der Waals surface area (Å²) in [5, 5.41) is 0. The minimum absolute atomic E-state index is 0.451. The second kappa shape index (κ2) is 7.28. The summed E-state index contributed by atoms with van der Waals surface area (Å²) >= 11 is 0. The first kappa shape index (κ1) is 14.0. The van der Waals surface area contributed by atoms with Crippen molar-refractivity contribution < 1.29 is 4.74 Å². The second-order valence-corrected chi connectivity index (χ2v) is 5.48. The molecular weight excluding hydrogens is 172 g/mol. The molecular formula is C13H27O. The largest absolute Gasteiger partial charge is 0.381 e. The van der Waals surface area contributed by atoms with Crippen LogP contribution >= 0.6 is 0 Å². The van der Waals surface area contributed by atoms with Gasteiger partial charge < -0.3 is 4.74 Å². The molecule has 85 valence electrons. The molecule has 0 amide bonds. The van der Waals surface area contributed by atoms with Gasteiger partial charge in [-0.1, -0.05) is 41.0 Å². The number of ether oxygens (including phenoxy) is 1. The first-order valence-electron chi connectivity index (χ1n) is 5.82. The molecule has 1 atom stereocenters. The van der Waals surface area contributed by atoms with E-state index in [1.807, 2.05) is 0 Å². The molecule has 0 spiro atoms. The molecule has 0 saturated carbocycles. The summed E-state index contributed by atoms with van der Waals surface area (Å²) in [6, 6.07) is 0. The fourth-order valence-electron chi connectivity index (χ4n) is 1.74. The summed E-state index contributed by atoms with van der Waals surface area (Å²) < 4.78 is 5.52. The van der Waals surface area contributed by atoms with Crippen LogP contribution in [0.3, 0.4) is 0 Å². The molecule has 0 fully saturated rings. The van der Waals surface area contributed by atoms with Gasteiger partial charge in [0.1, 0.15) is 0 Å². The number of hydrogen-bond acceptors (Lipinski definition) is 1. The maximum Gasteiger partial charge on any atom is 0.0468 e. The fourth-order valence-corrected chi connectivity index (χ4v) is 1.74. The van der Waals surface area contributed by atoms with E-state index in [1.165, 1.54) is 12.8 Å². The zero-order valence-electron chi connectivity index (χ0n) is 10.4. The first-order chi connectivity index (χ1) is 6.45. The highest BCUT2D eigenvalue weighted by atomic mass is 16.5. The van der Waals surface area contributed by atoms with Crippen LogP contribution in [0.5, 0.6) is 0 Å². The van der Waals surface area contributed by atoms with Gasteiger partial charge in [0.25, 0.3) is 0 Å². The second-order valence-electron chi connectivity index (χ2n) is 5.48. The average molecular weight is 199 g/mol. The predicted octanol–water partition coefficient (Wildman–Crippen LogP) is 4.08. The molecule has 0 heterocycles. The topological polar surface area (TPSA) is 9.23 Å². The maximum atomic E-state index is 5.52. The lowest BCUT2D eigenvalue weighted by molar-refractivity contribution is 0.114. The van der Waals surface area contributed by atoms with Crippen molar-refractivity contribution in [2.75, 3.05) is 13.2 Å². The minimum atomic E-state index is 0.451. The Hall–Kier alpha value is -0.0400. The lowest BCUT2D eigenvalue weighted by atomic mass is 9.84. The smallest absolute Gasteiger partial charge is 0.0468 e. The van der Waals surface area contributed by atoms with E-state index in [0.29, 0.717) is 5.41 Å². The van der Waals surface area contributed by atoms with Gasteiger partial charge in [-0.05, 0) is 30.6 Å². The lowest BCUT2D eigenvalue weighted by Gasteiger charge is -2.23. The van der Waals surface area contributed by atoms with Crippen molar-refractivity contribution in [2.24, 2.45) is 11.3 Å². The minimum Gasteiger partial charge on any atom is -0.381 e. The van der Waals surface area contributed by atoms with Crippen LogP contribution in [0.25, 0.3) is 0 Å². The van der Waals surface area contributed by atoms with Crippen molar-refractivity contribution in [3.8, 4) is 0 Å². The summed E-state index contributed by atoms with van der Waals surface area (Å²) in [6.07, 6.45) is 4.55. The highest BCUT2D eigenvalue weighted by Gasteiger charge is 2.14. The van der Waals surface area contributed by atoms with E-state index >= 15 is 0 Å². The molecule has 14 heavy (non-hydrogen) atoms. The Balaban J connectivity index is 3.31. The van der Waals surface area contributed by atoms with Crippen LogP contribution < -0.4 is 0 Å². The zero-order chi connectivity index (χ0) is 11.0. The maximum absolute atomic E-state index is 5.52. The molecule has 1 unspecified atom stereocenters. The van der Waals surface area contributed by atoms with Gasteiger partial charge in [-0.25, -0.2) is 0 Å². The van der Waals surface area contributed by atoms with Gasteiger partial charge in [-0.2, -0.15) is 0 Å². The standard InChI is InChI=1S/C13H27O/c1-6-7-9-14-10-8-12(2)11-13(3,4)5/h12H,1,6-11H2,2-5H3. The Bertz CT molecular complexity index is 124. The van der Waals surface area contributed by atoms with E-state index in [9.17, 15) is 0 Å². The van der Waals surface area contributed by atoms with Crippen LogP contribution in [-0.4, -0.2) is 13.2 Å². The Morgan fingerprint density at radius 1 is 1.21 bits per heavy atom. The van der Waals surface area contributed by atoms with Crippen molar-refractivity contribution in [3.05, 3.63) is 6.92 Å². The highest BCUT2D eigenvalue weighted by molar-refractivity contribution is 4.66. The van der Waals surface area contributed by atoms with E-state index in [-0.39, 0.29) is 0 Å². The Morgan fingerprint density at radius 2 is 1.86 bits per heavy atom. The van der Waals surface area contributed by atoms with E-state index in [0.717, 1.165) is 32.0 Å². The number of unbranched alkanes of at least 4 members (excludes halogenated alkanes) is 1. The Morgan fingerprint density at radius 3 is 2.36 bits per heavy atom. The van der Waals surface area contributed by atoms with Gasteiger partial charge >= 0.3 is 0 Å². The molecule has 0 N–H and O–H groups in total. The normalized spacial score (nSPS) is 14.4. The third-order valence-electron chi connectivity index (χ3n) is 2.25. The SMILES string of the molecule is [CH2]CCCOCCC(C)CC(C)(C)C. The first-order valence-corrected chi connectivity index (χ1v) is 5.82. The molecule has 0 aliphatic heterocycles. The Kier molecular flexibility index (Phi) is 7.26. The molecule has 0 aliphatic rings. The van der Waals surface area contributed by atoms with Crippen molar-refractivity contribution in [3.63, 3.8) is 0 Å². The zero-order valence-corrected chi connectivity index (χ0v) is 10.4. The Labute approximate surface area is 90.2 Å². The third-order valence-corrected chi connectivity index (χ3v) is 2.25. The van der Waals surface area contributed by atoms with Crippen molar-refractivity contribution >= 4 is 0 Å². The van der Waals surface area contributed by atoms with Crippen LogP contribution in [0.2, 0.25) is 0 Å². The molecule has 1 nitrogen and oxygen atoms in total. The van der Waals surface area contributed by atoms with Gasteiger partial charge in [0.2, 0.25) is 0 Å². The highest BCUT2D eigenvalue weighted by Crippen LogP contribution is 2.25. The van der Waals surface area contributed by atoms with Gasteiger partial charge in [0.05, 0.1) is 0 Å². The summed E-state index contributed by atoms with van der Waals surface area (Å²) in [5.41, 5.74) is 0.451. The molecule has 0 aromatic carbocycles. The van der Waals surface area contributed by atoms with Crippen molar-refractivity contribution in [2.45, 2.75) is 53.4 Å². The molecule has 0 aliphatic carbocycles. The van der Waals surface area contributed by atoms with E-state index in [2.05, 4.69) is 34.6 Å². The quantitative estimate of drug-likeness (QED) is 0.561. The summed E-state index contributed by atoms with van der Waals surface area (Å²) in [5.74, 6) is 0.773. The van der Waals surface area contributed by atoms with Crippen LogP contribution in [0.15, 0.2) is 0 Å². The van der Waals surface area contributed by atoms with Crippen LogP contribution in [0, 0.1) is 18.3 Å². The van der Waals surface area contributed by atoms with Crippen LogP contribution in [-0.2, 0) is 4.74 Å². The molecule has 0 aromatic heterocycles. The van der Waals surface area contributed by atoms with Crippen LogP contribution in [0.1, 0.15) is 53.4 Å². The summed E-state index contributed by atoms with van der Waals surface area (Å²) in [6.45, 7) is 14.8. The van der Waals surface area contributed by atoms with E-state index in [4.69, 9.17) is 4.74 Å². The van der Waals surface area contributed by atoms with Crippen molar-refractivity contribution in [1.29, 1.82) is 0 Å². The number of rotatable bonds is 7. The number of hydrogen-bond donors (Lipinski definition) is 0. The van der Waals surface area contributed by atoms with Gasteiger partial charge in [0, 0.05) is 13.2 Å². The fraction of sp³-hybridized carbons (Fsp3) is 0.923. The summed E-state index contributed by atoms with van der Waals surface area (Å²) in [7, 11) is 0. The molecule has 0 rings (SSSR count).